The van der Waals surface area contributed by atoms with Crippen molar-refractivity contribution in [2.75, 3.05) is 6.54 Å². The predicted molar refractivity (Wildman–Crippen MR) is 93.2 cm³/mol. The van der Waals surface area contributed by atoms with Gasteiger partial charge in [-0.2, -0.15) is 0 Å². The number of carbonyl (C=O) groups is 2. The normalized spacial score (nSPS) is 13.4. The number of hydrogen-bond acceptors (Lipinski definition) is 4. The lowest BCUT2D eigenvalue weighted by molar-refractivity contribution is -0.109. The number of unbranched alkanes of at least 4 members (excludes halogenated alkanes) is 1. The van der Waals surface area contributed by atoms with E-state index in [-0.39, 0.29) is 5.91 Å². The fraction of sp³-hybridized carbons (Fsp3) is 0.312. The van der Waals surface area contributed by atoms with Crippen molar-refractivity contribution in [3.8, 4) is 0 Å². The van der Waals surface area contributed by atoms with Crippen LogP contribution in [0.5, 0.6) is 0 Å². The van der Waals surface area contributed by atoms with Gasteiger partial charge in [-0.3, -0.25) is 9.78 Å². The largest absolute Gasteiger partial charge is 0.342 e. The van der Waals surface area contributed by atoms with Gasteiger partial charge in [0.05, 0.1) is 17.1 Å². The van der Waals surface area contributed by atoms with Gasteiger partial charge in [-0.25, -0.2) is 14.1 Å². The van der Waals surface area contributed by atoms with Crippen LogP contribution in [0.3, 0.4) is 0 Å². The number of amides is 1. The standard InChI is InChI=1S/C16H20N4O3S/c17-24(23)19-10-2-1-7-13(11-21)20-16(22)14-8-3-5-12-6-4-9-18-15(12)14/h3-6,8-9,11,13,19H,1-2,7,10,17H2,(H,20,22). The molecule has 2 aromatic rings. The number of para-hydroxylation sites is 1. The average molecular weight is 348 g/mol. The van der Waals surface area contributed by atoms with Crippen molar-refractivity contribution in [1.29, 1.82) is 0 Å². The number of pyridine rings is 1. The molecule has 8 heteroatoms. The highest BCUT2D eigenvalue weighted by Crippen LogP contribution is 2.16. The summed E-state index contributed by atoms with van der Waals surface area (Å²) in [4.78, 5) is 27.9. The molecule has 0 spiro atoms. The second-order valence-corrected chi connectivity index (χ2v) is 6.17. The molecule has 0 bridgehead atoms. The maximum absolute atomic E-state index is 12.4. The Morgan fingerprint density at radius 1 is 1.29 bits per heavy atom. The van der Waals surface area contributed by atoms with Gasteiger partial charge in [-0.15, -0.1) is 0 Å². The summed E-state index contributed by atoms with van der Waals surface area (Å²) in [6.45, 7) is 0.496. The molecule has 7 nitrogen and oxygen atoms in total. The molecule has 0 radical (unpaired) electrons. The van der Waals surface area contributed by atoms with E-state index in [1.807, 2.05) is 12.1 Å². The van der Waals surface area contributed by atoms with Crippen LogP contribution in [0.15, 0.2) is 36.5 Å². The monoisotopic (exact) mass is 348 g/mol. The smallest absolute Gasteiger partial charge is 0.254 e. The van der Waals surface area contributed by atoms with E-state index in [0.717, 1.165) is 11.7 Å². The highest BCUT2D eigenvalue weighted by molar-refractivity contribution is 7.80. The molecule has 1 aromatic heterocycles. The first-order valence-electron chi connectivity index (χ1n) is 7.61. The van der Waals surface area contributed by atoms with Crippen LogP contribution < -0.4 is 15.2 Å². The second-order valence-electron chi connectivity index (χ2n) is 5.28. The Morgan fingerprint density at radius 2 is 2.08 bits per heavy atom. The number of benzene rings is 1. The number of aromatic nitrogens is 1. The summed E-state index contributed by atoms with van der Waals surface area (Å²) in [5.41, 5.74) is 1.05. The molecule has 1 aromatic carbocycles. The zero-order chi connectivity index (χ0) is 17.4. The summed E-state index contributed by atoms with van der Waals surface area (Å²) in [7, 11) is 0. The minimum atomic E-state index is -1.53. The highest BCUT2D eigenvalue weighted by atomic mass is 32.2. The van der Waals surface area contributed by atoms with Crippen molar-refractivity contribution in [2.24, 2.45) is 5.14 Å². The molecule has 2 atom stereocenters. The third-order valence-electron chi connectivity index (χ3n) is 3.54. The predicted octanol–water partition coefficient (Wildman–Crippen LogP) is 0.829. The van der Waals surface area contributed by atoms with Crippen LogP contribution in [0, 0.1) is 0 Å². The lowest BCUT2D eigenvalue weighted by atomic mass is 10.1. The molecular weight excluding hydrogens is 328 g/mol. The Kier molecular flexibility index (Phi) is 6.98. The molecule has 4 N–H and O–H groups in total. The Hall–Kier alpha value is -2.16. The molecule has 0 aliphatic heterocycles. The third-order valence-corrected chi connectivity index (χ3v) is 4.03. The SMILES string of the molecule is NS(=O)NCCCCC(C=O)NC(=O)c1cccc2cccnc12. The molecule has 0 aliphatic carbocycles. The number of rotatable bonds is 9. The number of aldehydes is 1. The van der Waals surface area contributed by atoms with Crippen LogP contribution in [-0.2, 0) is 16.0 Å². The summed E-state index contributed by atoms with van der Waals surface area (Å²) >= 11 is -1.53. The molecule has 0 saturated carbocycles. The maximum Gasteiger partial charge on any atom is 0.254 e. The maximum atomic E-state index is 12.4. The molecular formula is C16H20N4O3S. The van der Waals surface area contributed by atoms with E-state index in [1.165, 1.54) is 0 Å². The lowest BCUT2D eigenvalue weighted by Crippen LogP contribution is -2.36. The third kappa shape index (κ3) is 5.19. The molecule has 24 heavy (non-hydrogen) atoms. The quantitative estimate of drug-likeness (QED) is 0.460. The topological polar surface area (TPSA) is 114 Å². The number of fused-ring (bicyclic) bond motifs is 1. The Balaban J connectivity index is 1.93. The summed E-state index contributed by atoms with van der Waals surface area (Å²) in [5.74, 6) is -0.322. The van der Waals surface area contributed by atoms with Gasteiger partial charge in [-0.1, -0.05) is 18.2 Å². The van der Waals surface area contributed by atoms with Crippen LogP contribution in [0.1, 0.15) is 29.6 Å². The van der Waals surface area contributed by atoms with Crippen LogP contribution in [-0.4, -0.2) is 34.0 Å². The van der Waals surface area contributed by atoms with E-state index >= 15 is 0 Å². The van der Waals surface area contributed by atoms with Gasteiger partial charge in [0.1, 0.15) is 6.29 Å². The zero-order valence-electron chi connectivity index (χ0n) is 13.1. The van der Waals surface area contributed by atoms with Crippen molar-refractivity contribution in [1.82, 2.24) is 15.0 Å². The van der Waals surface area contributed by atoms with Crippen LogP contribution >= 0.6 is 0 Å². The first-order valence-corrected chi connectivity index (χ1v) is 8.82. The summed E-state index contributed by atoms with van der Waals surface area (Å²) < 4.78 is 13.3. The second kappa shape index (κ2) is 9.21. The van der Waals surface area contributed by atoms with Crippen LogP contribution in [0.25, 0.3) is 10.9 Å². The van der Waals surface area contributed by atoms with Crippen LogP contribution in [0.4, 0.5) is 0 Å². The lowest BCUT2D eigenvalue weighted by Gasteiger charge is -2.13. The molecule has 0 aliphatic rings. The van der Waals surface area contributed by atoms with E-state index in [2.05, 4.69) is 15.0 Å². The van der Waals surface area contributed by atoms with Crippen molar-refractivity contribution in [2.45, 2.75) is 25.3 Å². The van der Waals surface area contributed by atoms with Gasteiger partial charge in [0.25, 0.3) is 5.91 Å². The Morgan fingerprint density at radius 3 is 2.83 bits per heavy atom. The first kappa shape index (κ1) is 18.2. The molecule has 1 amide bonds. The molecule has 128 valence electrons. The first-order chi connectivity index (χ1) is 11.6. The molecule has 0 saturated heterocycles. The van der Waals surface area contributed by atoms with E-state index in [1.54, 1.807) is 24.4 Å². The fourth-order valence-electron chi connectivity index (χ4n) is 2.37. The van der Waals surface area contributed by atoms with Gasteiger partial charge >= 0.3 is 0 Å². The number of nitrogens with one attached hydrogen (secondary N) is 2. The average Bonchev–Trinajstić information content (AvgIpc) is 2.59. The summed E-state index contributed by atoms with van der Waals surface area (Å²) in [5, 5.41) is 8.67. The van der Waals surface area contributed by atoms with Crippen molar-refractivity contribution >= 4 is 34.3 Å². The molecule has 2 unspecified atom stereocenters. The van der Waals surface area contributed by atoms with Gasteiger partial charge in [0.15, 0.2) is 11.2 Å². The number of nitrogens with two attached hydrogens (primary N) is 1. The number of hydrogen-bond donors (Lipinski definition) is 3. The van der Waals surface area contributed by atoms with E-state index in [0.29, 0.717) is 36.9 Å². The van der Waals surface area contributed by atoms with Gasteiger partial charge in [-0.05, 0) is 31.4 Å². The van der Waals surface area contributed by atoms with Gasteiger partial charge in [0.2, 0.25) is 0 Å². The molecule has 0 fully saturated rings. The Bertz CT molecular complexity index is 733. The molecule has 1 heterocycles. The number of carbonyl (C=O) groups excluding carboxylic acids is 2. The molecule has 2 rings (SSSR count). The Labute approximate surface area is 142 Å². The highest BCUT2D eigenvalue weighted by Gasteiger charge is 2.15. The van der Waals surface area contributed by atoms with E-state index in [4.69, 9.17) is 5.14 Å². The summed E-state index contributed by atoms with van der Waals surface area (Å²) in [6.07, 6.45) is 4.27. The number of nitrogens with zero attached hydrogens (tertiary/aromatic N) is 1. The van der Waals surface area contributed by atoms with Crippen molar-refractivity contribution < 1.29 is 13.8 Å². The zero-order valence-corrected chi connectivity index (χ0v) is 13.9. The minimum Gasteiger partial charge on any atom is -0.342 e. The fourth-order valence-corrected chi connectivity index (χ4v) is 2.72. The minimum absolute atomic E-state index is 0.322. The van der Waals surface area contributed by atoms with Crippen molar-refractivity contribution in [3.05, 3.63) is 42.1 Å². The van der Waals surface area contributed by atoms with Crippen LogP contribution in [0.2, 0.25) is 0 Å². The van der Waals surface area contributed by atoms with Gasteiger partial charge in [0, 0.05) is 18.1 Å². The van der Waals surface area contributed by atoms with E-state index in [9.17, 15) is 13.8 Å². The van der Waals surface area contributed by atoms with E-state index < -0.39 is 17.2 Å². The summed E-state index contributed by atoms with van der Waals surface area (Å²) in [6, 6.07) is 8.47. The van der Waals surface area contributed by atoms with Crippen molar-refractivity contribution in [3.63, 3.8) is 0 Å². The van der Waals surface area contributed by atoms with Gasteiger partial charge < -0.3 is 10.1 Å².